The van der Waals surface area contributed by atoms with Gasteiger partial charge in [-0.25, -0.2) is 0 Å². The standard InChI is InChI=1S/C30H37BrN2O5/c1-18(35-5)27-24(12-21(16-32-27)20-6-9-36-10-7-20)28-25(15-30(3,4)17-38-19(2)34)23-13-22(31)14-26-29(23)33(28)8-11-37-26/h12-14,16,18,20H,6-11,15,17H2,1-5H3/t18-/m0/s1. The van der Waals surface area contributed by atoms with Gasteiger partial charge < -0.3 is 23.5 Å². The molecule has 5 rings (SSSR count). The van der Waals surface area contributed by atoms with Crippen LogP contribution in [-0.2, 0) is 32.0 Å². The number of esters is 1. The lowest BCUT2D eigenvalue weighted by Crippen LogP contribution is -2.24. The molecular formula is C30H37BrN2O5. The average Bonchev–Trinajstić information content (AvgIpc) is 3.20. The molecular weight excluding hydrogens is 548 g/mol. The molecule has 7 nitrogen and oxygen atoms in total. The lowest BCUT2D eigenvalue weighted by Gasteiger charge is -2.27. The maximum absolute atomic E-state index is 11.7. The fourth-order valence-electron chi connectivity index (χ4n) is 5.75. The van der Waals surface area contributed by atoms with Crippen molar-refractivity contribution in [2.24, 2.45) is 5.41 Å². The number of nitrogens with zero attached hydrogens (tertiary/aromatic N) is 2. The molecule has 0 radical (unpaired) electrons. The normalized spacial score (nSPS) is 16.9. The molecule has 2 aliphatic rings. The van der Waals surface area contributed by atoms with Gasteiger partial charge in [-0.15, -0.1) is 0 Å². The van der Waals surface area contributed by atoms with E-state index in [2.05, 4.69) is 46.5 Å². The SMILES string of the molecule is CO[C@@H](C)c1ncc(C2CCOCC2)cc1-c1c(CC(C)(C)COC(C)=O)c2cc(Br)cc3c2n1CCO3. The van der Waals surface area contributed by atoms with Crippen molar-refractivity contribution in [1.29, 1.82) is 0 Å². The Labute approximate surface area is 232 Å². The molecule has 1 fully saturated rings. The van der Waals surface area contributed by atoms with Crippen molar-refractivity contribution in [2.75, 3.05) is 33.5 Å². The van der Waals surface area contributed by atoms with Gasteiger partial charge in [-0.2, -0.15) is 0 Å². The number of rotatable bonds is 8. The molecule has 0 saturated carbocycles. The summed E-state index contributed by atoms with van der Waals surface area (Å²) in [6, 6.07) is 6.56. The van der Waals surface area contributed by atoms with Crippen LogP contribution in [0.4, 0.5) is 0 Å². The first kappa shape index (κ1) is 27.2. The topological polar surface area (TPSA) is 71.8 Å². The number of benzene rings is 1. The number of carbonyl (C=O) groups is 1. The van der Waals surface area contributed by atoms with E-state index in [0.29, 0.717) is 19.1 Å². The van der Waals surface area contributed by atoms with Crippen molar-refractivity contribution in [3.05, 3.63) is 45.7 Å². The highest BCUT2D eigenvalue weighted by Crippen LogP contribution is 2.46. The number of aromatic nitrogens is 2. The summed E-state index contributed by atoms with van der Waals surface area (Å²) in [5.41, 5.74) is 6.44. The minimum atomic E-state index is -0.282. The molecule has 4 heterocycles. The maximum Gasteiger partial charge on any atom is 0.302 e. The lowest BCUT2D eigenvalue weighted by molar-refractivity contribution is -0.143. The number of hydrogen-bond acceptors (Lipinski definition) is 6. The maximum atomic E-state index is 11.7. The van der Waals surface area contributed by atoms with Crippen molar-refractivity contribution >= 4 is 32.8 Å². The summed E-state index contributed by atoms with van der Waals surface area (Å²) < 4.78 is 26.4. The van der Waals surface area contributed by atoms with Crippen LogP contribution in [0.1, 0.15) is 69.4 Å². The molecule has 1 atom stereocenters. The Balaban J connectivity index is 1.75. The second-order valence-corrected chi connectivity index (χ2v) is 12.1. The van der Waals surface area contributed by atoms with Crippen LogP contribution in [0.2, 0.25) is 0 Å². The number of pyridine rings is 1. The predicted octanol–water partition coefficient (Wildman–Crippen LogP) is 6.59. The van der Waals surface area contributed by atoms with Crippen molar-refractivity contribution in [1.82, 2.24) is 9.55 Å². The smallest absolute Gasteiger partial charge is 0.302 e. The van der Waals surface area contributed by atoms with Gasteiger partial charge in [0.15, 0.2) is 0 Å². The van der Waals surface area contributed by atoms with Gasteiger partial charge in [0.05, 0.1) is 36.2 Å². The van der Waals surface area contributed by atoms with Crippen LogP contribution < -0.4 is 4.74 Å². The monoisotopic (exact) mass is 584 g/mol. The van der Waals surface area contributed by atoms with Gasteiger partial charge in [0.1, 0.15) is 12.4 Å². The lowest BCUT2D eigenvalue weighted by atomic mass is 9.83. The molecule has 204 valence electrons. The van der Waals surface area contributed by atoms with Gasteiger partial charge in [0.2, 0.25) is 0 Å². The zero-order chi connectivity index (χ0) is 27.0. The summed E-state index contributed by atoms with van der Waals surface area (Å²) in [7, 11) is 1.73. The number of ether oxygens (including phenoxy) is 4. The van der Waals surface area contributed by atoms with Crippen LogP contribution in [0.5, 0.6) is 5.75 Å². The Morgan fingerprint density at radius 2 is 2.00 bits per heavy atom. The van der Waals surface area contributed by atoms with Gasteiger partial charge in [-0.05, 0) is 61.4 Å². The fourth-order valence-corrected chi connectivity index (χ4v) is 6.19. The van der Waals surface area contributed by atoms with E-state index in [0.717, 1.165) is 77.1 Å². The Hall–Kier alpha value is -2.42. The molecule has 1 saturated heterocycles. The quantitative estimate of drug-likeness (QED) is 0.278. The van der Waals surface area contributed by atoms with E-state index in [-0.39, 0.29) is 17.5 Å². The average molecular weight is 586 g/mol. The van der Waals surface area contributed by atoms with E-state index in [4.69, 9.17) is 23.9 Å². The molecule has 0 N–H and O–H groups in total. The molecule has 0 bridgehead atoms. The first-order valence-corrected chi connectivity index (χ1v) is 14.2. The molecule has 0 spiro atoms. The summed E-state index contributed by atoms with van der Waals surface area (Å²) >= 11 is 3.71. The van der Waals surface area contributed by atoms with Gasteiger partial charge in [0.25, 0.3) is 0 Å². The van der Waals surface area contributed by atoms with Crippen molar-refractivity contribution in [3.63, 3.8) is 0 Å². The zero-order valence-corrected chi connectivity index (χ0v) is 24.5. The predicted molar refractivity (Wildman–Crippen MR) is 151 cm³/mol. The summed E-state index contributed by atoms with van der Waals surface area (Å²) in [4.78, 5) is 16.7. The molecule has 0 amide bonds. The molecule has 3 aromatic rings. The molecule has 38 heavy (non-hydrogen) atoms. The van der Waals surface area contributed by atoms with E-state index in [1.54, 1.807) is 7.11 Å². The van der Waals surface area contributed by atoms with Gasteiger partial charge in [-0.3, -0.25) is 9.78 Å². The molecule has 2 aliphatic heterocycles. The van der Waals surface area contributed by atoms with Crippen molar-refractivity contribution < 1.29 is 23.7 Å². The van der Waals surface area contributed by atoms with E-state index in [9.17, 15) is 4.79 Å². The molecule has 0 unspecified atom stereocenters. The van der Waals surface area contributed by atoms with Crippen LogP contribution in [0.15, 0.2) is 28.9 Å². The second-order valence-electron chi connectivity index (χ2n) is 11.2. The zero-order valence-electron chi connectivity index (χ0n) is 22.9. The number of halogens is 1. The molecule has 0 aliphatic carbocycles. The number of carbonyl (C=O) groups excluding carboxylic acids is 1. The Morgan fingerprint density at radius 1 is 1.24 bits per heavy atom. The van der Waals surface area contributed by atoms with Crippen LogP contribution in [0.3, 0.4) is 0 Å². The minimum Gasteiger partial charge on any atom is -0.489 e. The number of hydrogen-bond donors (Lipinski definition) is 0. The first-order chi connectivity index (χ1) is 18.2. The largest absolute Gasteiger partial charge is 0.489 e. The Morgan fingerprint density at radius 3 is 2.71 bits per heavy atom. The van der Waals surface area contributed by atoms with Gasteiger partial charge >= 0.3 is 5.97 Å². The summed E-state index contributed by atoms with van der Waals surface area (Å²) in [5, 5.41) is 1.15. The van der Waals surface area contributed by atoms with Crippen LogP contribution in [0, 0.1) is 5.41 Å². The molecule has 2 aromatic heterocycles. The highest BCUT2D eigenvalue weighted by Gasteiger charge is 2.32. The van der Waals surface area contributed by atoms with Crippen LogP contribution >= 0.6 is 15.9 Å². The minimum absolute atomic E-state index is 0.174. The van der Waals surface area contributed by atoms with E-state index in [1.165, 1.54) is 18.1 Å². The van der Waals surface area contributed by atoms with Gasteiger partial charge in [-0.1, -0.05) is 29.8 Å². The number of methoxy groups -OCH3 is 1. The first-order valence-electron chi connectivity index (χ1n) is 13.4. The van der Waals surface area contributed by atoms with Crippen molar-refractivity contribution in [2.45, 2.75) is 65.5 Å². The van der Waals surface area contributed by atoms with E-state index in [1.807, 2.05) is 19.2 Å². The highest BCUT2D eigenvalue weighted by molar-refractivity contribution is 9.10. The third kappa shape index (κ3) is 5.36. The van der Waals surface area contributed by atoms with Crippen LogP contribution in [-0.4, -0.2) is 49.1 Å². The third-order valence-corrected chi connectivity index (χ3v) is 8.17. The second kappa shape index (κ2) is 11.0. The van der Waals surface area contributed by atoms with E-state index >= 15 is 0 Å². The Kier molecular flexibility index (Phi) is 7.85. The molecule has 1 aromatic carbocycles. The van der Waals surface area contributed by atoms with Gasteiger partial charge in [0, 0.05) is 54.3 Å². The van der Waals surface area contributed by atoms with Crippen molar-refractivity contribution in [3.8, 4) is 17.0 Å². The third-order valence-electron chi connectivity index (χ3n) is 7.71. The summed E-state index contributed by atoms with van der Waals surface area (Å²) in [5.74, 6) is 1.03. The van der Waals surface area contributed by atoms with Crippen LogP contribution in [0.25, 0.3) is 22.2 Å². The summed E-state index contributed by atoms with van der Waals surface area (Å²) in [6.45, 7) is 11.0. The molecule has 8 heteroatoms. The fraction of sp³-hybridized carbons (Fsp3) is 0.533. The Bertz CT molecular complexity index is 1340. The van der Waals surface area contributed by atoms with E-state index < -0.39 is 0 Å². The summed E-state index contributed by atoms with van der Waals surface area (Å²) in [6.07, 6.45) is 4.57. The highest BCUT2D eigenvalue weighted by atomic mass is 79.9.